The average molecular weight is 192 g/mol. The first-order valence-corrected chi connectivity index (χ1v) is 5.07. The average Bonchev–Trinajstić information content (AvgIpc) is 2.14. The molecule has 2 heteroatoms. The second-order valence-electron chi connectivity index (χ2n) is 4.86. The Morgan fingerprint density at radius 2 is 1.86 bits per heavy atom. The monoisotopic (exact) mass is 192 g/mol. The van der Waals surface area contributed by atoms with E-state index in [1.165, 1.54) is 12.0 Å². The van der Waals surface area contributed by atoms with Crippen LogP contribution in [-0.4, -0.2) is 0 Å². The van der Waals surface area contributed by atoms with E-state index in [0.717, 1.165) is 12.1 Å². The van der Waals surface area contributed by atoms with E-state index in [2.05, 4.69) is 38.3 Å². The topological polar surface area (TPSA) is 38.0 Å². The van der Waals surface area contributed by atoms with Crippen LogP contribution >= 0.6 is 0 Å². The third-order valence-corrected chi connectivity index (χ3v) is 2.32. The quantitative estimate of drug-likeness (QED) is 0.571. The Labute approximate surface area is 86.5 Å². The lowest BCUT2D eigenvalue weighted by molar-refractivity contribution is 0.378. The molecule has 14 heavy (non-hydrogen) atoms. The summed E-state index contributed by atoms with van der Waals surface area (Å²) >= 11 is 0. The number of nitrogens with one attached hydrogen (secondary N) is 1. The highest BCUT2D eigenvalue weighted by Crippen LogP contribution is 2.24. The summed E-state index contributed by atoms with van der Waals surface area (Å²) in [5, 5.41) is 0. The van der Waals surface area contributed by atoms with Crippen molar-refractivity contribution >= 4 is 5.69 Å². The van der Waals surface area contributed by atoms with Crippen molar-refractivity contribution in [3.05, 3.63) is 29.8 Å². The minimum Gasteiger partial charge on any atom is -0.324 e. The first-order valence-electron chi connectivity index (χ1n) is 5.07. The third kappa shape index (κ3) is 3.38. The molecule has 0 aromatic heterocycles. The van der Waals surface area contributed by atoms with Gasteiger partial charge in [-0.25, -0.2) is 0 Å². The van der Waals surface area contributed by atoms with Crippen molar-refractivity contribution in [3.63, 3.8) is 0 Å². The molecule has 78 valence electrons. The standard InChI is InChI=1S/C12H20N2/c1-12(2,3)9-8-10-6-4-5-7-11(10)14-13/h4-7,14H,8-9,13H2,1-3H3. The van der Waals surface area contributed by atoms with E-state index in [1.54, 1.807) is 0 Å². The summed E-state index contributed by atoms with van der Waals surface area (Å²) in [6.45, 7) is 6.77. The van der Waals surface area contributed by atoms with Gasteiger partial charge in [0.25, 0.3) is 0 Å². The van der Waals surface area contributed by atoms with Gasteiger partial charge in [0.05, 0.1) is 5.69 Å². The number of hydrogen-bond acceptors (Lipinski definition) is 2. The Kier molecular flexibility index (Phi) is 3.53. The first-order chi connectivity index (χ1) is 6.53. The summed E-state index contributed by atoms with van der Waals surface area (Å²) in [5.41, 5.74) is 5.44. The van der Waals surface area contributed by atoms with Gasteiger partial charge in [0.1, 0.15) is 0 Å². The summed E-state index contributed by atoms with van der Waals surface area (Å²) in [6, 6.07) is 8.19. The van der Waals surface area contributed by atoms with Gasteiger partial charge in [0, 0.05) is 0 Å². The molecule has 0 amide bonds. The largest absolute Gasteiger partial charge is 0.324 e. The fraction of sp³-hybridized carbons (Fsp3) is 0.500. The van der Waals surface area contributed by atoms with Crippen molar-refractivity contribution in [3.8, 4) is 0 Å². The van der Waals surface area contributed by atoms with E-state index in [4.69, 9.17) is 5.84 Å². The molecule has 0 bridgehead atoms. The van der Waals surface area contributed by atoms with Gasteiger partial charge in [0.2, 0.25) is 0 Å². The van der Waals surface area contributed by atoms with Crippen LogP contribution in [0.15, 0.2) is 24.3 Å². The van der Waals surface area contributed by atoms with Gasteiger partial charge in [0.15, 0.2) is 0 Å². The predicted molar refractivity (Wildman–Crippen MR) is 62.0 cm³/mol. The first kappa shape index (κ1) is 11.1. The molecular weight excluding hydrogens is 172 g/mol. The van der Waals surface area contributed by atoms with Gasteiger partial charge in [-0.2, -0.15) is 0 Å². The molecule has 0 radical (unpaired) electrons. The van der Waals surface area contributed by atoms with Crippen molar-refractivity contribution in [1.82, 2.24) is 0 Å². The molecule has 0 heterocycles. The molecule has 1 aromatic rings. The number of nitrogen functional groups attached to an aromatic ring is 1. The lowest BCUT2D eigenvalue weighted by atomic mass is 9.88. The van der Waals surface area contributed by atoms with E-state index in [0.29, 0.717) is 5.41 Å². The maximum atomic E-state index is 5.44. The van der Waals surface area contributed by atoms with Crippen LogP contribution in [0.25, 0.3) is 0 Å². The van der Waals surface area contributed by atoms with Crippen LogP contribution < -0.4 is 11.3 Å². The molecule has 0 atom stereocenters. The Hall–Kier alpha value is -1.02. The minimum absolute atomic E-state index is 0.377. The fourth-order valence-corrected chi connectivity index (χ4v) is 1.39. The molecule has 0 fully saturated rings. The van der Waals surface area contributed by atoms with E-state index < -0.39 is 0 Å². The number of hydrazine groups is 1. The zero-order valence-corrected chi connectivity index (χ0v) is 9.30. The minimum atomic E-state index is 0.377. The molecular formula is C12H20N2. The van der Waals surface area contributed by atoms with Crippen molar-refractivity contribution in [1.29, 1.82) is 0 Å². The summed E-state index contributed by atoms with van der Waals surface area (Å²) in [5.74, 6) is 5.44. The summed E-state index contributed by atoms with van der Waals surface area (Å²) in [7, 11) is 0. The fourth-order valence-electron chi connectivity index (χ4n) is 1.39. The maximum Gasteiger partial charge on any atom is 0.0517 e. The number of aryl methyl sites for hydroxylation is 1. The molecule has 0 aliphatic carbocycles. The van der Waals surface area contributed by atoms with Crippen LogP contribution in [0.2, 0.25) is 0 Å². The summed E-state index contributed by atoms with van der Waals surface area (Å²) in [6.07, 6.45) is 2.25. The Balaban J connectivity index is 2.67. The van der Waals surface area contributed by atoms with Gasteiger partial charge < -0.3 is 5.43 Å². The summed E-state index contributed by atoms with van der Waals surface area (Å²) in [4.78, 5) is 0. The number of benzene rings is 1. The molecule has 0 saturated carbocycles. The van der Waals surface area contributed by atoms with E-state index in [1.807, 2.05) is 12.1 Å². The highest BCUT2D eigenvalue weighted by Gasteiger charge is 2.11. The van der Waals surface area contributed by atoms with Gasteiger partial charge in [-0.3, -0.25) is 5.84 Å². The lowest BCUT2D eigenvalue weighted by Gasteiger charge is -2.18. The number of anilines is 1. The zero-order valence-electron chi connectivity index (χ0n) is 9.30. The number of nitrogens with two attached hydrogens (primary N) is 1. The van der Waals surface area contributed by atoms with E-state index in [-0.39, 0.29) is 0 Å². The molecule has 0 aliphatic rings. The second-order valence-corrected chi connectivity index (χ2v) is 4.86. The molecule has 0 aliphatic heterocycles. The maximum absolute atomic E-state index is 5.44. The Morgan fingerprint density at radius 1 is 1.21 bits per heavy atom. The van der Waals surface area contributed by atoms with Crippen LogP contribution in [0.4, 0.5) is 5.69 Å². The van der Waals surface area contributed by atoms with Crippen LogP contribution in [-0.2, 0) is 6.42 Å². The Morgan fingerprint density at radius 3 is 2.43 bits per heavy atom. The molecule has 0 saturated heterocycles. The van der Waals surface area contributed by atoms with Crippen molar-refractivity contribution in [2.24, 2.45) is 11.3 Å². The van der Waals surface area contributed by atoms with E-state index >= 15 is 0 Å². The predicted octanol–water partition coefficient (Wildman–Crippen LogP) is 2.95. The van der Waals surface area contributed by atoms with Gasteiger partial charge >= 0.3 is 0 Å². The van der Waals surface area contributed by atoms with Crippen LogP contribution in [0.3, 0.4) is 0 Å². The van der Waals surface area contributed by atoms with Crippen molar-refractivity contribution in [2.75, 3.05) is 5.43 Å². The Bertz CT molecular complexity index is 287. The molecule has 2 nitrogen and oxygen atoms in total. The molecule has 3 N–H and O–H groups in total. The van der Waals surface area contributed by atoms with Crippen molar-refractivity contribution < 1.29 is 0 Å². The van der Waals surface area contributed by atoms with Crippen LogP contribution in [0.1, 0.15) is 32.8 Å². The third-order valence-electron chi connectivity index (χ3n) is 2.32. The number of rotatable bonds is 3. The van der Waals surface area contributed by atoms with Gasteiger partial charge in [-0.15, -0.1) is 0 Å². The SMILES string of the molecule is CC(C)(C)CCc1ccccc1NN. The number of para-hydroxylation sites is 1. The lowest BCUT2D eigenvalue weighted by Crippen LogP contribution is -2.11. The number of hydrogen-bond donors (Lipinski definition) is 2. The van der Waals surface area contributed by atoms with Crippen LogP contribution in [0.5, 0.6) is 0 Å². The molecule has 1 aromatic carbocycles. The molecule has 0 spiro atoms. The van der Waals surface area contributed by atoms with Crippen molar-refractivity contribution in [2.45, 2.75) is 33.6 Å². The van der Waals surface area contributed by atoms with Gasteiger partial charge in [-0.05, 0) is 29.9 Å². The van der Waals surface area contributed by atoms with E-state index in [9.17, 15) is 0 Å². The highest BCUT2D eigenvalue weighted by atomic mass is 15.2. The van der Waals surface area contributed by atoms with Crippen LogP contribution in [0, 0.1) is 5.41 Å². The smallest absolute Gasteiger partial charge is 0.0517 e. The molecule has 0 unspecified atom stereocenters. The molecule has 1 rings (SSSR count). The summed E-state index contributed by atoms with van der Waals surface area (Å²) < 4.78 is 0. The highest BCUT2D eigenvalue weighted by molar-refractivity contribution is 5.49. The normalized spacial score (nSPS) is 11.4. The zero-order chi connectivity index (χ0) is 10.6. The second kappa shape index (κ2) is 4.47. The van der Waals surface area contributed by atoms with Gasteiger partial charge in [-0.1, -0.05) is 39.0 Å².